The van der Waals surface area contributed by atoms with Gasteiger partial charge in [-0.15, -0.1) is 0 Å². The average molecular weight is 233 g/mol. The lowest BCUT2D eigenvalue weighted by Crippen LogP contribution is -2.32. The van der Waals surface area contributed by atoms with Crippen LogP contribution in [0.5, 0.6) is 0 Å². The van der Waals surface area contributed by atoms with E-state index < -0.39 is 0 Å². The van der Waals surface area contributed by atoms with E-state index in [2.05, 4.69) is 42.5 Å². The number of aryl methyl sites for hydroxylation is 2. The molecule has 0 atom stereocenters. The van der Waals surface area contributed by atoms with Gasteiger partial charge < -0.3 is 0 Å². The number of nitrogens with zero attached hydrogens (tertiary/aromatic N) is 1. The van der Waals surface area contributed by atoms with Crippen molar-refractivity contribution in [3.05, 3.63) is 52.0 Å². The van der Waals surface area contributed by atoms with Gasteiger partial charge in [-0.05, 0) is 48.1 Å². The van der Waals surface area contributed by atoms with E-state index in [1.807, 2.05) is 0 Å². The minimum Gasteiger partial charge on any atom is -0.248 e. The van der Waals surface area contributed by atoms with Crippen LogP contribution in [-0.4, -0.2) is 4.98 Å². The molecule has 4 rings (SSSR count). The Bertz CT molecular complexity index is 741. The first-order valence-corrected chi connectivity index (χ1v) is 6.70. The highest BCUT2D eigenvalue weighted by atomic mass is 14.7. The summed E-state index contributed by atoms with van der Waals surface area (Å²) in [7, 11) is 0. The second kappa shape index (κ2) is 3.81. The smallest absolute Gasteiger partial charge is 0.0744 e. The Morgan fingerprint density at radius 1 is 0.889 bits per heavy atom. The second-order valence-corrected chi connectivity index (χ2v) is 5.11. The van der Waals surface area contributed by atoms with Crippen molar-refractivity contribution in [2.24, 2.45) is 0 Å². The summed E-state index contributed by atoms with van der Waals surface area (Å²) in [6.07, 6.45) is 9.15. The van der Waals surface area contributed by atoms with Crippen LogP contribution < -0.4 is 10.6 Å². The van der Waals surface area contributed by atoms with Crippen molar-refractivity contribution in [3.63, 3.8) is 0 Å². The Labute approximate surface area is 107 Å². The zero-order valence-electron chi connectivity index (χ0n) is 10.3. The second-order valence-electron chi connectivity index (χ2n) is 5.11. The molecule has 2 aliphatic carbocycles. The number of hydrogen-bond acceptors (Lipinski definition) is 1. The summed E-state index contributed by atoms with van der Waals surface area (Å²) in [5.41, 5.74) is 5.40. The zero-order chi connectivity index (χ0) is 11.9. The molecule has 0 fully saturated rings. The van der Waals surface area contributed by atoms with Crippen molar-refractivity contribution in [1.29, 1.82) is 0 Å². The molecule has 1 nitrogen and oxygen atoms in total. The van der Waals surface area contributed by atoms with Gasteiger partial charge in [0, 0.05) is 5.56 Å². The van der Waals surface area contributed by atoms with Gasteiger partial charge in [0.25, 0.3) is 0 Å². The van der Waals surface area contributed by atoms with Gasteiger partial charge >= 0.3 is 0 Å². The third-order valence-electron chi connectivity index (χ3n) is 3.97. The average Bonchev–Trinajstić information content (AvgIpc) is 2.45. The van der Waals surface area contributed by atoms with E-state index in [9.17, 15) is 0 Å². The lowest BCUT2D eigenvalue weighted by atomic mass is 9.88. The number of hydrogen-bond donors (Lipinski definition) is 0. The molecule has 1 heterocycles. The Morgan fingerprint density at radius 2 is 1.72 bits per heavy atom. The molecule has 2 aliphatic rings. The molecule has 0 bridgehead atoms. The highest BCUT2D eigenvalue weighted by Crippen LogP contribution is 2.30. The Morgan fingerprint density at radius 3 is 2.72 bits per heavy atom. The van der Waals surface area contributed by atoms with E-state index in [0.717, 1.165) is 25.7 Å². The number of aromatic nitrogens is 1. The van der Waals surface area contributed by atoms with Gasteiger partial charge in [0.05, 0.1) is 11.0 Å². The van der Waals surface area contributed by atoms with Crippen molar-refractivity contribution < 1.29 is 0 Å². The fourth-order valence-electron chi connectivity index (χ4n) is 3.04. The molecule has 0 spiro atoms. The molecular formula is C17H15N. The van der Waals surface area contributed by atoms with Gasteiger partial charge in [-0.1, -0.05) is 36.4 Å². The van der Waals surface area contributed by atoms with Crippen LogP contribution in [0.15, 0.2) is 30.3 Å². The maximum atomic E-state index is 4.91. The summed E-state index contributed by atoms with van der Waals surface area (Å²) >= 11 is 0. The fourth-order valence-corrected chi connectivity index (χ4v) is 3.04. The molecular weight excluding hydrogens is 218 g/mol. The standard InChI is InChI=1S/C17H15N/c1-3-7-15-12(5-1)9-10-14-11-13-6-2-4-8-16(13)18-17(14)15/h1,3,5-8,11H,2,4,9-10H2. The van der Waals surface area contributed by atoms with Gasteiger partial charge in [-0.2, -0.15) is 0 Å². The predicted molar refractivity (Wildman–Crippen MR) is 74.5 cm³/mol. The fraction of sp³-hybridized carbons (Fsp3) is 0.235. The van der Waals surface area contributed by atoms with Crippen molar-refractivity contribution >= 4 is 12.2 Å². The van der Waals surface area contributed by atoms with Crippen molar-refractivity contribution in [2.75, 3.05) is 0 Å². The molecule has 0 radical (unpaired) electrons. The molecule has 0 N–H and O–H groups in total. The summed E-state index contributed by atoms with van der Waals surface area (Å²) in [5, 5.41) is 2.51. The highest BCUT2D eigenvalue weighted by molar-refractivity contribution is 5.69. The van der Waals surface area contributed by atoms with Gasteiger partial charge in [-0.25, -0.2) is 4.98 Å². The summed E-state index contributed by atoms with van der Waals surface area (Å²) in [6.45, 7) is 0. The van der Waals surface area contributed by atoms with Crippen LogP contribution in [-0.2, 0) is 12.8 Å². The third kappa shape index (κ3) is 1.43. The van der Waals surface area contributed by atoms with E-state index in [4.69, 9.17) is 4.98 Å². The van der Waals surface area contributed by atoms with Crippen molar-refractivity contribution in [3.8, 4) is 11.3 Å². The minimum absolute atomic E-state index is 1.13. The van der Waals surface area contributed by atoms with E-state index >= 15 is 0 Å². The molecule has 0 amide bonds. The third-order valence-corrected chi connectivity index (χ3v) is 3.97. The molecule has 0 unspecified atom stereocenters. The maximum absolute atomic E-state index is 4.91. The van der Waals surface area contributed by atoms with Crippen LogP contribution in [0.3, 0.4) is 0 Å². The summed E-state index contributed by atoms with van der Waals surface area (Å²) in [6, 6.07) is 11.0. The quantitative estimate of drug-likeness (QED) is 0.680. The van der Waals surface area contributed by atoms with Crippen LogP contribution >= 0.6 is 0 Å². The van der Waals surface area contributed by atoms with Crippen molar-refractivity contribution in [2.45, 2.75) is 25.7 Å². The molecule has 0 aliphatic heterocycles. The zero-order valence-corrected chi connectivity index (χ0v) is 10.3. The van der Waals surface area contributed by atoms with Crippen molar-refractivity contribution in [1.82, 2.24) is 4.98 Å². The normalized spacial score (nSPS) is 15.8. The molecule has 2 aromatic rings. The largest absolute Gasteiger partial charge is 0.248 e. The first-order chi connectivity index (χ1) is 8.92. The molecule has 1 heteroatoms. The van der Waals surface area contributed by atoms with Crippen LogP contribution in [0.4, 0.5) is 0 Å². The number of fused-ring (bicyclic) bond motifs is 4. The van der Waals surface area contributed by atoms with E-state index in [1.54, 1.807) is 0 Å². The van der Waals surface area contributed by atoms with E-state index in [1.165, 1.54) is 33.0 Å². The minimum atomic E-state index is 1.13. The van der Waals surface area contributed by atoms with Gasteiger partial charge in [0.2, 0.25) is 0 Å². The Hall–Kier alpha value is -1.89. The molecule has 88 valence electrons. The van der Waals surface area contributed by atoms with Crippen LogP contribution in [0.2, 0.25) is 0 Å². The first kappa shape index (κ1) is 10.1. The van der Waals surface area contributed by atoms with Crippen LogP contribution in [0, 0.1) is 0 Å². The van der Waals surface area contributed by atoms with Gasteiger partial charge in [0.15, 0.2) is 0 Å². The van der Waals surface area contributed by atoms with Gasteiger partial charge in [-0.3, -0.25) is 0 Å². The van der Waals surface area contributed by atoms with E-state index in [0.29, 0.717) is 0 Å². The Kier molecular flexibility index (Phi) is 2.13. The number of pyridine rings is 1. The lowest BCUT2D eigenvalue weighted by Gasteiger charge is -2.19. The summed E-state index contributed by atoms with van der Waals surface area (Å²) < 4.78 is 0. The predicted octanol–water partition coefficient (Wildman–Crippen LogP) is 2.20. The topological polar surface area (TPSA) is 12.9 Å². The highest BCUT2D eigenvalue weighted by Gasteiger charge is 2.17. The number of benzene rings is 1. The molecule has 1 aromatic carbocycles. The lowest BCUT2D eigenvalue weighted by molar-refractivity contribution is 0.916. The number of rotatable bonds is 0. The SMILES string of the molecule is C1=c2cc3c(nc2=CCC1)-c1ccccc1CC3. The first-order valence-electron chi connectivity index (χ1n) is 6.70. The molecule has 0 saturated carbocycles. The Balaban J connectivity index is 2.06. The molecule has 1 aromatic heterocycles. The maximum Gasteiger partial charge on any atom is 0.0744 e. The van der Waals surface area contributed by atoms with E-state index in [-0.39, 0.29) is 0 Å². The molecule has 0 saturated heterocycles. The summed E-state index contributed by atoms with van der Waals surface area (Å²) in [5.74, 6) is 0. The monoisotopic (exact) mass is 233 g/mol. The molecule has 18 heavy (non-hydrogen) atoms. The summed E-state index contributed by atoms with van der Waals surface area (Å²) in [4.78, 5) is 4.91. The van der Waals surface area contributed by atoms with Gasteiger partial charge in [0.1, 0.15) is 0 Å². The van der Waals surface area contributed by atoms with Crippen LogP contribution in [0.25, 0.3) is 23.4 Å². The van der Waals surface area contributed by atoms with Crippen LogP contribution in [0.1, 0.15) is 24.0 Å².